The van der Waals surface area contributed by atoms with Gasteiger partial charge < -0.3 is 14.4 Å². The van der Waals surface area contributed by atoms with Crippen molar-refractivity contribution in [3.63, 3.8) is 0 Å². The number of ether oxygens (including phenoxy) is 2. The molecule has 2 aliphatic heterocycles. The van der Waals surface area contributed by atoms with Crippen molar-refractivity contribution in [1.29, 1.82) is 0 Å². The zero-order valence-corrected chi connectivity index (χ0v) is 18.0. The Hall–Kier alpha value is -2.24. The molecule has 10 nitrogen and oxygen atoms in total. The molecule has 2 aliphatic rings. The number of benzene rings is 1. The number of carbonyl (C=O) groups is 1. The van der Waals surface area contributed by atoms with E-state index < -0.39 is 20.6 Å². The highest BCUT2D eigenvalue weighted by molar-refractivity contribution is 7.89. The fourth-order valence-electron chi connectivity index (χ4n) is 3.96. The molecule has 3 rings (SSSR count). The molecule has 2 fully saturated rings. The van der Waals surface area contributed by atoms with Gasteiger partial charge in [0.15, 0.2) is 12.4 Å². The van der Waals surface area contributed by atoms with E-state index in [1.165, 1.54) is 16.4 Å². The van der Waals surface area contributed by atoms with E-state index in [9.17, 15) is 23.3 Å². The van der Waals surface area contributed by atoms with E-state index in [4.69, 9.17) is 9.47 Å². The molecule has 0 unspecified atom stereocenters. The van der Waals surface area contributed by atoms with Crippen LogP contribution < -0.4 is 4.74 Å². The molecule has 166 valence electrons. The lowest BCUT2D eigenvalue weighted by molar-refractivity contribution is -0.386. The number of piperidine rings is 1. The van der Waals surface area contributed by atoms with Crippen molar-refractivity contribution >= 4 is 21.6 Å². The Labute approximate surface area is 175 Å². The molecule has 0 spiro atoms. The normalized spacial score (nSPS) is 23.2. The quantitative estimate of drug-likeness (QED) is 0.485. The maximum atomic E-state index is 12.8. The van der Waals surface area contributed by atoms with Crippen molar-refractivity contribution in [3.8, 4) is 5.75 Å². The van der Waals surface area contributed by atoms with Crippen LogP contribution in [0.25, 0.3) is 0 Å². The second-order valence-electron chi connectivity index (χ2n) is 7.94. The molecule has 2 saturated heterocycles. The molecule has 2 heterocycles. The van der Waals surface area contributed by atoms with Gasteiger partial charge in [-0.05, 0) is 30.4 Å². The third kappa shape index (κ3) is 5.08. The van der Waals surface area contributed by atoms with Gasteiger partial charge in [-0.25, -0.2) is 8.42 Å². The first-order valence-electron chi connectivity index (χ1n) is 9.95. The summed E-state index contributed by atoms with van der Waals surface area (Å²) >= 11 is 0. The molecule has 0 aromatic heterocycles. The van der Waals surface area contributed by atoms with E-state index in [1.807, 2.05) is 0 Å². The largest absolute Gasteiger partial charge is 0.477 e. The van der Waals surface area contributed by atoms with Crippen molar-refractivity contribution < 1.29 is 27.6 Å². The smallest absolute Gasteiger partial charge is 0.312 e. The van der Waals surface area contributed by atoms with Crippen LogP contribution in [0.2, 0.25) is 0 Å². The second-order valence-corrected chi connectivity index (χ2v) is 9.87. The molecular formula is C19H27N3O7S. The highest BCUT2D eigenvalue weighted by Gasteiger charge is 2.30. The van der Waals surface area contributed by atoms with Crippen LogP contribution >= 0.6 is 0 Å². The first-order valence-corrected chi connectivity index (χ1v) is 11.4. The molecule has 1 aromatic carbocycles. The fraction of sp³-hybridized carbons (Fsp3) is 0.632. The molecule has 0 aliphatic carbocycles. The van der Waals surface area contributed by atoms with Gasteiger partial charge in [-0.15, -0.1) is 0 Å². The Morgan fingerprint density at radius 1 is 1.23 bits per heavy atom. The maximum Gasteiger partial charge on any atom is 0.312 e. The summed E-state index contributed by atoms with van der Waals surface area (Å²) in [5, 5.41) is 11.5. The van der Waals surface area contributed by atoms with Crippen molar-refractivity contribution in [2.75, 3.05) is 46.0 Å². The lowest BCUT2D eigenvalue weighted by Gasteiger charge is -2.34. The monoisotopic (exact) mass is 441 g/mol. The number of morpholine rings is 1. The van der Waals surface area contributed by atoms with Crippen LogP contribution in [-0.2, 0) is 19.6 Å². The Morgan fingerprint density at radius 2 is 1.87 bits per heavy atom. The van der Waals surface area contributed by atoms with E-state index in [0.29, 0.717) is 24.9 Å². The second kappa shape index (κ2) is 9.27. The first kappa shape index (κ1) is 22.4. The van der Waals surface area contributed by atoms with Crippen LogP contribution in [0.4, 0.5) is 5.69 Å². The summed E-state index contributed by atoms with van der Waals surface area (Å²) in [5.74, 6) is 0.397. The number of nitro groups is 1. The number of nitro benzene ring substituents is 1. The van der Waals surface area contributed by atoms with Crippen molar-refractivity contribution in [2.24, 2.45) is 11.8 Å². The minimum atomic E-state index is -3.88. The van der Waals surface area contributed by atoms with Crippen molar-refractivity contribution in [1.82, 2.24) is 9.21 Å². The zero-order valence-electron chi connectivity index (χ0n) is 17.2. The van der Waals surface area contributed by atoms with Gasteiger partial charge in [0, 0.05) is 32.2 Å². The van der Waals surface area contributed by atoms with Crippen LogP contribution in [0.5, 0.6) is 5.75 Å². The third-order valence-corrected chi connectivity index (χ3v) is 7.20. The van der Waals surface area contributed by atoms with Crippen LogP contribution in [0, 0.1) is 22.0 Å². The van der Waals surface area contributed by atoms with Gasteiger partial charge in [0.2, 0.25) is 10.0 Å². The fourth-order valence-corrected chi connectivity index (χ4v) is 5.38. The van der Waals surface area contributed by atoms with Gasteiger partial charge >= 0.3 is 5.69 Å². The summed E-state index contributed by atoms with van der Waals surface area (Å²) in [6, 6.07) is 3.48. The topological polar surface area (TPSA) is 119 Å². The Balaban J connectivity index is 1.74. The number of rotatable bonds is 6. The summed E-state index contributed by atoms with van der Waals surface area (Å²) in [5.41, 5.74) is -0.488. The predicted octanol–water partition coefficient (Wildman–Crippen LogP) is 1.50. The summed E-state index contributed by atoms with van der Waals surface area (Å²) < 4.78 is 37.3. The standard InChI is InChI=1S/C19H27N3O7S/c1-14-9-15(2)12-20(11-14)19(23)13-29-18-4-3-16(10-17(18)22(24)25)30(26,27)21-5-7-28-8-6-21/h3-4,10,14-15H,5-9,11-13H2,1-2H3/t14-,15-/m1/s1. The Bertz CT molecular complexity index is 889. The minimum Gasteiger partial charge on any atom is -0.477 e. The molecule has 0 saturated carbocycles. The molecule has 2 atom stereocenters. The molecular weight excluding hydrogens is 414 g/mol. The van der Waals surface area contributed by atoms with Crippen LogP contribution in [0.1, 0.15) is 20.3 Å². The number of likely N-dealkylation sites (tertiary alicyclic amines) is 1. The van der Waals surface area contributed by atoms with Gasteiger partial charge in [0.1, 0.15) is 0 Å². The first-order chi connectivity index (χ1) is 14.2. The number of hydrogen-bond acceptors (Lipinski definition) is 7. The summed E-state index contributed by atoms with van der Waals surface area (Å²) in [4.78, 5) is 24.8. The Kier molecular flexibility index (Phi) is 6.94. The Morgan fingerprint density at radius 3 is 2.47 bits per heavy atom. The van der Waals surface area contributed by atoms with E-state index in [0.717, 1.165) is 12.5 Å². The molecule has 0 bridgehead atoms. The SMILES string of the molecule is C[C@@H]1C[C@@H](C)CN(C(=O)COc2ccc(S(=O)(=O)N3CCOCC3)cc2[N+](=O)[O-])C1. The summed E-state index contributed by atoms with van der Waals surface area (Å²) in [6.45, 7) is 6.01. The third-order valence-electron chi connectivity index (χ3n) is 5.31. The minimum absolute atomic E-state index is 0.132. The number of amides is 1. The maximum absolute atomic E-state index is 12.8. The van der Waals surface area contributed by atoms with Crippen molar-refractivity contribution in [2.45, 2.75) is 25.2 Å². The highest BCUT2D eigenvalue weighted by atomic mass is 32.2. The van der Waals surface area contributed by atoms with Crippen LogP contribution in [0.15, 0.2) is 23.1 Å². The highest BCUT2D eigenvalue weighted by Crippen LogP contribution is 2.31. The van der Waals surface area contributed by atoms with E-state index >= 15 is 0 Å². The average Bonchev–Trinajstić information content (AvgIpc) is 2.71. The van der Waals surface area contributed by atoms with E-state index in [-0.39, 0.29) is 49.5 Å². The molecule has 30 heavy (non-hydrogen) atoms. The molecule has 0 radical (unpaired) electrons. The number of carbonyl (C=O) groups excluding carboxylic acids is 1. The van der Waals surface area contributed by atoms with Crippen molar-refractivity contribution in [3.05, 3.63) is 28.3 Å². The molecule has 1 amide bonds. The predicted molar refractivity (Wildman–Crippen MR) is 108 cm³/mol. The van der Waals surface area contributed by atoms with Gasteiger partial charge in [0.25, 0.3) is 5.91 Å². The van der Waals surface area contributed by atoms with Crippen LogP contribution in [-0.4, -0.2) is 74.5 Å². The summed E-state index contributed by atoms with van der Waals surface area (Å²) in [6.07, 6.45) is 1.05. The average molecular weight is 442 g/mol. The number of sulfonamides is 1. The number of nitrogens with zero attached hydrogens (tertiary/aromatic N) is 3. The van der Waals surface area contributed by atoms with E-state index in [1.54, 1.807) is 4.90 Å². The summed E-state index contributed by atoms with van der Waals surface area (Å²) in [7, 11) is -3.88. The van der Waals surface area contributed by atoms with Crippen LogP contribution in [0.3, 0.4) is 0 Å². The van der Waals surface area contributed by atoms with Gasteiger partial charge in [-0.1, -0.05) is 13.8 Å². The lowest BCUT2D eigenvalue weighted by atomic mass is 9.92. The zero-order chi connectivity index (χ0) is 21.9. The molecule has 0 N–H and O–H groups in total. The molecule has 1 aromatic rings. The van der Waals surface area contributed by atoms with E-state index in [2.05, 4.69) is 13.8 Å². The number of hydrogen-bond donors (Lipinski definition) is 0. The molecule has 11 heteroatoms. The van der Waals surface area contributed by atoms with Gasteiger partial charge in [0.05, 0.1) is 23.0 Å². The van der Waals surface area contributed by atoms with Gasteiger partial charge in [-0.3, -0.25) is 14.9 Å². The lowest BCUT2D eigenvalue weighted by Crippen LogP contribution is -2.44. The van der Waals surface area contributed by atoms with Gasteiger partial charge in [-0.2, -0.15) is 4.31 Å².